The van der Waals surface area contributed by atoms with Crippen molar-refractivity contribution in [2.45, 2.75) is 26.2 Å². The first-order chi connectivity index (χ1) is 15.5. The summed E-state index contributed by atoms with van der Waals surface area (Å²) in [4.78, 5) is 20.6. The van der Waals surface area contributed by atoms with Crippen LogP contribution in [0.3, 0.4) is 0 Å². The molecule has 2 aromatic carbocycles. The molecule has 1 unspecified atom stereocenters. The Hall–Kier alpha value is -3.87. The first-order valence-electron chi connectivity index (χ1n) is 10.7. The highest BCUT2D eigenvalue weighted by molar-refractivity contribution is 5.92. The molecule has 164 valence electrons. The smallest absolute Gasteiger partial charge is 0.269 e. The average molecular weight is 430 g/mol. The molecule has 2 aromatic heterocycles. The number of hydrogen-bond acceptors (Lipinski definition) is 5. The summed E-state index contributed by atoms with van der Waals surface area (Å²) in [6, 6.07) is 17.5. The van der Waals surface area contributed by atoms with E-state index in [1.165, 1.54) is 5.56 Å². The number of nitrogens with zero attached hydrogens (tertiary/aromatic N) is 3. The molecule has 1 atom stereocenters. The Balaban J connectivity index is 1.58. The molecular formula is C25H27N5O2. The van der Waals surface area contributed by atoms with Crippen molar-refractivity contribution in [2.75, 3.05) is 12.4 Å². The van der Waals surface area contributed by atoms with Gasteiger partial charge in [-0.3, -0.25) is 9.78 Å². The second-order valence-electron chi connectivity index (χ2n) is 7.76. The van der Waals surface area contributed by atoms with Crippen molar-refractivity contribution >= 4 is 28.6 Å². The predicted molar refractivity (Wildman–Crippen MR) is 127 cm³/mol. The van der Waals surface area contributed by atoms with Gasteiger partial charge in [0, 0.05) is 38.1 Å². The fourth-order valence-corrected chi connectivity index (χ4v) is 3.51. The molecule has 0 aliphatic heterocycles. The molecule has 0 saturated carbocycles. The van der Waals surface area contributed by atoms with Crippen LogP contribution in [0.25, 0.3) is 11.0 Å². The molecule has 0 spiro atoms. The Morgan fingerprint density at radius 2 is 1.94 bits per heavy atom. The third kappa shape index (κ3) is 4.42. The minimum absolute atomic E-state index is 0.260. The summed E-state index contributed by atoms with van der Waals surface area (Å²) in [7, 11) is 3.55. The third-order valence-corrected chi connectivity index (χ3v) is 5.60. The summed E-state index contributed by atoms with van der Waals surface area (Å²) < 4.78 is 7.97. The van der Waals surface area contributed by atoms with E-state index < -0.39 is 0 Å². The zero-order valence-corrected chi connectivity index (χ0v) is 18.7. The number of nitrogens with one attached hydrogen (secondary N) is 2. The number of amides is 1. The lowest BCUT2D eigenvalue weighted by Gasteiger charge is -2.12. The molecule has 7 heteroatoms. The van der Waals surface area contributed by atoms with Gasteiger partial charge in [-0.1, -0.05) is 26.0 Å². The van der Waals surface area contributed by atoms with Gasteiger partial charge in [0.25, 0.3) is 5.91 Å². The Labute approximate surface area is 187 Å². The highest BCUT2D eigenvalue weighted by Gasteiger charge is 2.12. The number of imidazole rings is 1. The fraction of sp³-hybridized carbons (Fsp3) is 0.240. The molecule has 4 aromatic rings. The minimum atomic E-state index is -0.260. The number of ether oxygens (including phenoxy) is 1. The normalized spacial score (nSPS) is 11.9. The largest absolute Gasteiger partial charge is 0.457 e. The second kappa shape index (κ2) is 9.09. The Bertz CT molecular complexity index is 1260. The third-order valence-electron chi connectivity index (χ3n) is 5.60. The molecule has 7 nitrogen and oxygen atoms in total. The Morgan fingerprint density at radius 3 is 2.72 bits per heavy atom. The van der Waals surface area contributed by atoms with Crippen molar-refractivity contribution in [3.63, 3.8) is 0 Å². The zero-order chi connectivity index (χ0) is 22.7. The molecule has 4 rings (SSSR count). The van der Waals surface area contributed by atoms with Gasteiger partial charge in [-0.2, -0.15) is 0 Å². The first-order valence-corrected chi connectivity index (χ1v) is 10.7. The van der Waals surface area contributed by atoms with E-state index in [1.54, 1.807) is 25.4 Å². The molecule has 0 saturated heterocycles. The topological polar surface area (TPSA) is 81.1 Å². The van der Waals surface area contributed by atoms with Crippen LogP contribution in [0.4, 0.5) is 11.6 Å². The van der Waals surface area contributed by atoms with E-state index in [4.69, 9.17) is 9.72 Å². The van der Waals surface area contributed by atoms with E-state index in [0.29, 0.717) is 23.1 Å². The van der Waals surface area contributed by atoms with E-state index in [2.05, 4.69) is 47.7 Å². The van der Waals surface area contributed by atoms with Gasteiger partial charge in [0.05, 0.1) is 11.0 Å². The van der Waals surface area contributed by atoms with Gasteiger partial charge in [-0.05, 0) is 48.2 Å². The van der Waals surface area contributed by atoms with Crippen LogP contribution in [-0.4, -0.2) is 27.5 Å². The van der Waals surface area contributed by atoms with Crippen molar-refractivity contribution in [3.05, 3.63) is 72.1 Å². The first kappa shape index (κ1) is 21.4. The van der Waals surface area contributed by atoms with Gasteiger partial charge in [-0.25, -0.2) is 4.98 Å². The molecule has 0 aliphatic rings. The highest BCUT2D eigenvalue weighted by atomic mass is 16.5. The van der Waals surface area contributed by atoms with Crippen LogP contribution >= 0.6 is 0 Å². The number of aryl methyl sites for hydroxylation is 1. The van der Waals surface area contributed by atoms with E-state index in [0.717, 1.165) is 29.1 Å². The van der Waals surface area contributed by atoms with E-state index >= 15 is 0 Å². The molecule has 0 radical (unpaired) electrons. The van der Waals surface area contributed by atoms with Crippen molar-refractivity contribution < 1.29 is 9.53 Å². The summed E-state index contributed by atoms with van der Waals surface area (Å²) in [5.74, 6) is 2.17. The Kier molecular flexibility index (Phi) is 6.07. The van der Waals surface area contributed by atoms with Crippen molar-refractivity contribution in [2.24, 2.45) is 7.05 Å². The number of benzene rings is 2. The molecule has 2 N–H and O–H groups in total. The maximum atomic E-state index is 11.8. The molecule has 0 aliphatic carbocycles. The number of fused-ring (bicyclic) bond motifs is 1. The highest BCUT2D eigenvalue weighted by Crippen LogP contribution is 2.29. The molecule has 1 amide bonds. The van der Waals surface area contributed by atoms with Crippen LogP contribution in [0, 0.1) is 0 Å². The standard InChI is InChI=1S/C25H27N5O2/c1-5-16(2)17-7-6-8-18(13-17)28-25-29-21-14-19(9-10-23(21)30(25)4)32-20-11-12-27-22(15-20)24(31)26-3/h6-16H,5H2,1-4H3,(H,26,31)(H,28,29). The maximum absolute atomic E-state index is 11.8. The fourth-order valence-electron chi connectivity index (χ4n) is 3.51. The summed E-state index contributed by atoms with van der Waals surface area (Å²) in [5.41, 5.74) is 4.41. The van der Waals surface area contributed by atoms with Gasteiger partial charge < -0.3 is 19.9 Å². The molecule has 0 fully saturated rings. The molecule has 32 heavy (non-hydrogen) atoms. The predicted octanol–water partition coefficient (Wildman–Crippen LogP) is 5.38. The van der Waals surface area contributed by atoms with Crippen LogP contribution in [-0.2, 0) is 7.05 Å². The lowest BCUT2D eigenvalue weighted by Crippen LogP contribution is -2.18. The maximum Gasteiger partial charge on any atom is 0.269 e. The van der Waals surface area contributed by atoms with Gasteiger partial charge in [0.1, 0.15) is 17.2 Å². The number of carbonyl (C=O) groups excluding carboxylic acids is 1. The average Bonchev–Trinajstić information content (AvgIpc) is 3.12. The van der Waals surface area contributed by atoms with Crippen LogP contribution in [0.1, 0.15) is 42.2 Å². The van der Waals surface area contributed by atoms with Crippen LogP contribution < -0.4 is 15.4 Å². The van der Waals surface area contributed by atoms with Gasteiger partial charge >= 0.3 is 0 Å². The number of pyridine rings is 1. The summed E-state index contributed by atoms with van der Waals surface area (Å²) >= 11 is 0. The SMILES string of the molecule is CCC(C)c1cccc(Nc2nc3cc(Oc4ccnc(C(=O)NC)c4)ccc3n2C)c1. The minimum Gasteiger partial charge on any atom is -0.457 e. The molecule has 0 bridgehead atoms. The van der Waals surface area contributed by atoms with Gasteiger partial charge in [0.2, 0.25) is 5.95 Å². The quantitative estimate of drug-likeness (QED) is 0.412. The number of rotatable bonds is 7. The number of carbonyl (C=O) groups is 1. The van der Waals surface area contributed by atoms with Crippen LogP contribution in [0.5, 0.6) is 11.5 Å². The lowest BCUT2D eigenvalue weighted by molar-refractivity contribution is 0.0958. The number of aromatic nitrogens is 3. The van der Waals surface area contributed by atoms with Crippen LogP contribution in [0.15, 0.2) is 60.8 Å². The second-order valence-corrected chi connectivity index (χ2v) is 7.76. The summed E-state index contributed by atoms with van der Waals surface area (Å²) in [5, 5.41) is 6.00. The van der Waals surface area contributed by atoms with E-state index in [1.807, 2.05) is 35.9 Å². The van der Waals surface area contributed by atoms with Crippen molar-refractivity contribution in [3.8, 4) is 11.5 Å². The monoisotopic (exact) mass is 429 g/mol. The Morgan fingerprint density at radius 1 is 1.12 bits per heavy atom. The lowest BCUT2D eigenvalue weighted by atomic mass is 9.98. The van der Waals surface area contributed by atoms with Gasteiger partial charge in [0.15, 0.2) is 0 Å². The van der Waals surface area contributed by atoms with Crippen molar-refractivity contribution in [1.29, 1.82) is 0 Å². The molecule has 2 heterocycles. The summed E-state index contributed by atoms with van der Waals surface area (Å²) in [6.07, 6.45) is 2.65. The zero-order valence-electron chi connectivity index (χ0n) is 18.7. The molecular weight excluding hydrogens is 402 g/mol. The summed E-state index contributed by atoms with van der Waals surface area (Å²) in [6.45, 7) is 4.43. The van der Waals surface area contributed by atoms with Crippen molar-refractivity contribution in [1.82, 2.24) is 19.9 Å². The van der Waals surface area contributed by atoms with E-state index in [-0.39, 0.29) is 5.91 Å². The van der Waals surface area contributed by atoms with E-state index in [9.17, 15) is 4.79 Å². The number of hydrogen-bond donors (Lipinski definition) is 2. The van der Waals surface area contributed by atoms with Gasteiger partial charge in [-0.15, -0.1) is 0 Å². The van der Waals surface area contributed by atoms with Crippen LogP contribution in [0.2, 0.25) is 0 Å². The number of anilines is 2.